The summed E-state index contributed by atoms with van der Waals surface area (Å²) in [5.41, 5.74) is 1.59. The van der Waals surface area contributed by atoms with Crippen LogP contribution in [0.15, 0.2) is 42.5 Å². The first-order valence-corrected chi connectivity index (χ1v) is 6.66. The van der Waals surface area contributed by atoms with Crippen molar-refractivity contribution in [1.29, 1.82) is 0 Å². The molecule has 19 heavy (non-hydrogen) atoms. The normalized spacial score (nSPS) is 12.4. The predicted octanol–water partition coefficient (Wildman–Crippen LogP) is 4.28. The third-order valence-corrected chi connectivity index (χ3v) is 3.42. The Labute approximate surface area is 121 Å². The predicted molar refractivity (Wildman–Crippen MR) is 76.3 cm³/mol. The van der Waals surface area contributed by atoms with E-state index >= 15 is 0 Å². The van der Waals surface area contributed by atoms with Crippen LogP contribution < -0.4 is 0 Å². The lowest BCUT2D eigenvalue weighted by molar-refractivity contribution is 0.175. The van der Waals surface area contributed by atoms with E-state index in [1.54, 1.807) is 30.3 Å². The van der Waals surface area contributed by atoms with Crippen molar-refractivity contribution in [2.45, 2.75) is 18.9 Å². The van der Waals surface area contributed by atoms with Crippen molar-refractivity contribution < 1.29 is 9.50 Å². The number of aliphatic hydroxyl groups is 1. The second kappa shape index (κ2) is 6.38. The number of aliphatic hydroxyl groups excluding tert-OH is 1. The minimum Gasteiger partial charge on any atom is -0.392 e. The quantitative estimate of drug-likeness (QED) is 0.893. The number of halogens is 3. The van der Waals surface area contributed by atoms with Crippen LogP contribution in [0.1, 0.15) is 11.1 Å². The van der Waals surface area contributed by atoms with E-state index in [1.165, 1.54) is 12.1 Å². The number of benzene rings is 2. The van der Waals surface area contributed by atoms with Gasteiger partial charge in [-0.15, -0.1) is 0 Å². The molecule has 0 aliphatic heterocycles. The molecule has 0 aliphatic rings. The molecular weight excluding hydrogens is 286 g/mol. The van der Waals surface area contributed by atoms with E-state index < -0.39 is 6.10 Å². The lowest BCUT2D eigenvalue weighted by atomic mass is 10.0. The summed E-state index contributed by atoms with van der Waals surface area (Å²) in [5, 5.41) is 11.1. The molecule has 0 aliphatic carbocycles. The maximum absolute atomic E-state index is 13.0. The highest BCUT2D eigenvalue weighted by atomic mass is 35.5. The van der Waals surface area contributed by atoms with Gasteiger partial charge in [0.2, 0.25) is 0 Å². The maximum Gasteiger partial charge on any atom is 0.123 e. The van der Waals surface area contributed by atoms with Crippen LogP contribution in [-0.4, -0.2) is 11.2 Å². The summed E-state index contributed by atoms with van der Waals surface area (Å²) >= 11 is 11.9. The minimum absolute atomic E-state index is 0.297. The SMILES string of the molecule is OC(Cc1cccc(F)c1)Cc1ccc(Cl)cc1Cl. The highest BCUT2D eigenvalue weighted by molar-refractivity contribution is 6.35. The first kappa shape index (κ1) is 14.3. The van der Waals surface area contributed by atoms with Crippen molar-refractivity contribution in [2.75, 3.05) is 0 Å². The van der Waals surface area contributed by atoms with Gasteiger partial charge in [0, 0.05) is 16.5 Å². The van der Waals surface area contributed by atoms with Gasteiger partial charge in [0.25, 0.3) is 0 Å². The highest BCUT2D eigenvalue weighted by Crippen LogP contribution is 2.22. The Balaban J connectivity index is 2.03. The summed E-state index contributed by atoms with van der Waals surface area (Å²) in [7, 11) is 0. The van der Waals surface area contributed by atoms with E-state index in [4.69, 9.17) is 23.2 Å². The molecule has 1 unspecified atom stereocenters. The van der Waals surface area contributed by atoms with E-state index in [1.807, 2.05) is 0 Å². The number of rotatable bonds is 4. The van der Waals surface area contributed by atoms with Gasteiger partial charge < -0.3 is 5.11 Å². The molecule has 1 atom stereocenters. The zero-order chi connectivity index (χ0) is 13.8. The summed E-state index contributed by atoms with van der Waals surface area (Å²) in [6.45, 7) is 0. The van der Waals surface area contributed by atoms with Gasteiger partial charge >= 0.3 is 0 Å². The third-order valence-electron chi connectivity index (χ3n) is 2.83. The van der Waals surface area contributed by atoms with E-state index in [0.717, 1.165) is 11.1 Å². The van der Waals surface area contributed by atoms with Gasteiger partial charge in [-0.25, -0.2) is 4.39 Å². The van der Waals surface area contributed by atoms with Crippen LogP contribution in [0.25, 0.3) is 0 Å². The molecule has 0 bridgehead atoms. The van der Waals surface area contributed by atoms with Gasteiger partial charge in [-0.3, -0.25) is 0 Å². The molecular formula is C15H13Cl2FO. The highest BCUT2D eigenvalue weighted by Gasteiger charge is 2.10. The molecule has 4 heteroatoms. The van der Waals surface area contributed by atoms with E-state index in [2.05, 4.69) is 0 Å². The van der Waals surface area contributed by atoms with Gasteiger partial charge in [-0.05, 0) is 41.8 Å². The summed E-state index contributed by atoms with van der Waals surface area (Å²) in [6.07, 6.45) is 0.184. The monoisotopic (exact) mass is 298 g/mol. The van der Waals surface area contributed by atoms with Gasteiger partial charge in [0.1, 0.15) is 5.82 Å². The molecule has 0 spiro atoms. The molecule has 0 heterocycles. The number of hydrogen-bond acceptors (Lipinski definition) is 1. The van der Waals surface area contributed by atoms with Gasteiger partial charge in [-0.1, -0.05) is 41.4 Å². The van der Waals surface area contributed by atoms with Crippen molar-refractivity contribution in [3.63, 3.8) is 0 Å². The van der Waals surface area contributed by atoms with Gasteiger partial charge in [0.15, 0.2) is 0 Å². The summed E-state index contributed by atoms with van der Waals surface area (Å²) in [5.74, 6) is -0.297. The first-order chi connectivity index (χ1) is 9.04. The van der Waals surface area contributed by atoms with Crippen LogP contribution in [0.2, 0.25) is 10.0 Å². The molecule has 100 valence electrons. The van der Waals surface area contributed by atoms with Crippen LogP contribution in [0.4, 0.5) is 4.39 Å². The van der Waals surface area contributed by atoms with Crippen molar-refractivity contribution in [2.24, 2.45) is 0 Å². The molecule has 1 N–H and O–H groups in total. The average molecular weight is 299 g/mol. The van der Waals surface area contributed by atoms with Crippen molar-refractivity contribution in [3.8, 4) is 0 Å². The van der Waals surface area contributed by atoms with Crippen LogP contribution >= 0.6 is 23.2 Å². The Morgan fingerprint density at radius 1 is 1.05 bits per heavy atom. The van der Waals surface area contributed by atoms with Gasteiger partial charge in [0.05, 0.1) is 6.10 Å². The van der Waals surface area contributed by atoms with Crippen molar-refractivity contribution in [1.82, 2.24) is 0 Å². The number of hydrogen-bond donors (Lipinski definition) is 1. The molecule has 0 saturated heterocycles. The largest absolute Gasteiger partial charge is 0.392 e. The average Bonchev–Trinajstić information content (AvgIpc) is 2.33. The zero-order valence-electron chi connectivity index (χ0n) is 10.1. The zero-order valence-corrected chi connectivity index (χ0v) is 11.6. The molecule has 2 rings (SSSR count). The van der Waals surface area contributed by atoms with Crippen LogP contribution in [0, 0.1) is 5.82 Å². The molecule has 0 amide bonds. The Bertz CT molecular complexity index is 572. The molecule has 0 fully saturated rings. The van der Waals surface area contributed by atoms with Crippen LogP contribution in [-0.2, 0) is 12.8 Å². The molecule has 2 aromatic rings. The third kappa shape index (κ3) is 4.20. The second-order valence-electron chi connectivity index (χ2n) is 4.43. The summed E-state index contributed by atoms with van der Waals surface area (Å²) < 4.78 is 13.0. The van der Waals surface area contributed by atoms with Crippen molar-refractivity contribution in [3.05, 3.63) is 69.5 Å². The second-order valence-corrected chi connectivity index (χ2v) is 5.27. The lowest BCUT2D eigenvalue weighted by Gasteiger charge is -2.12. The van der Waals surface area contributed by atoms with E-state index in [-0.39, 0.29) is 5.82 Å². The Morgan fingerprint density at radius 2 is 1.84 bits per heavy atom. The molecule has 0 radical (unpaired) electrons. The molecule has 1 nitrogen and oxygen atoms in total. The molecule has 0 aromatic heterocycles. The molecule has 0 saturated carbocycles. The van der Waals surface area contributed by atoms with Gasteiger partial charge in [-0.2, -0.15) is 0 Å². The Hall–Kier alpha value is -1.09. The first-order valence-electron chi connectivity index (χ1n) is 5.91. The Morgan fingerprint density at radius 3 is 2.53 bits per heavy atom. The fourth-order valence-corrected chi connectivity index (χ4v) is 2.43. The topological polar surface area (TPSA) is 20.2 Å². The van der Waals surface area contributed by atoms with Crippen LogP contribution in [0.5, 0.6) is 0 Å². The maximum atomic E-state index is 13.0. The smallest absolute Gasteiger partial charge is 0.123 e. The lowest BCUT2D eigenvalue weighted by Crippen LogP contribution is -2.14. The fraction of sp³-hybridized carbons (Fsp3) is 0.200. The summed E-state index contributed by atoms with van der Waals surface area (Å²) in [4.78, 5) is 0. The van der Waals surface area contributed by atoms with Crippen LogP contribution in [0.3, 0.4) is 0 Å². The molecule has 2 aromatic carbocycles. The Kier molecular flexibility index (Phi) is 4.81. The van der Waals surface area contributed by atoms with E-state index in [9.17, 15) is 9.50 Å². The fourth-order valence-electron chi connectivity index (χ4n) is 1.95. The standard InChI is InChI=1S/C15H13Cl2FO/c16-12-5-4-11(15(17)9-12)8-14(19)7-10-2-1-3-13(18)6-10/h1-6,9,14,19H,7-8H2. The van der Waals surface area contributed by atoms with Crippen molar-refractivity contribution >= 4 is 23.2 Å². The minimum atomic E-state index is -0.611. The summed E-state index contributed by atoms with van der Waals surface area (Å²) in [6, 6.07) is 11.4. The van der Waals surface area contributed by atoms with E-state index in [0.29, 0.717) is 22.9 Å².